The summed E-state index contributed by atoms with van der Waals surface area (Å²) in [6, 6.07) is 25.1. The van der Waals surface area contributed by atoms with Gasteiger partial charge in [0.2, 0.25) is 5.91 Å². The third-order valence-corrected chi connectivity index (χ3v) is 5.33. The number of rotatable bonds is 8. The van der Waals surface area contributed by atoms with E-state index in [0.29, 0.717) is 23.5 Å². The lowest BCUT2D eigenvalue weighted by molar-refractivity contribution is -0.113. The maximum Gasteiger partial charge on any atom is 0.253 e. The smallest absolute Gasteiger partial charge is 0.253 e. The summed E-state index contributed by atoms with van der Waals surface area (Å²) in [5.74, 6) is 0.769. The normalized spacial score (nSPS) is 10.4. The molecule has 3 aromatic carbocycles. The van der Waals surface area contributed by atoms with Crippen LogP contribution in [0.3, 0.4) is 0 Å². The molecule has 0 atom stereocenters. The molecule has 29 heavy (non-hydrogen) atoms. The number of hydrogen-bond donors (Lipinski definition) is 2. The molecule has 3 rings (SSSR count). The number of benzene rings is 3. The number of carbonyl (C=O) groups is 2. The molecule has 0 saturated carbocycles. The van der Waals surface area contributed by atoms with Crippen LogP contribution in [0.15, 0.2) is 78.9 Å². The number of amides is 2. The molecule has 0 spiro atoms. The lowest BCUT2D eigenvalue weighted by Crippen LogP contribution is -2.25. The monoisotopic (exact) mass is 404 g/mol. The minimum atomic E-state index is -0.211. The Kier molecular flexibility index (Phi) is 7.47. The molecule has 148 valence electrons. The molecule has 0 aromatic heterocycles. The van der Waals surface area contributed by atoms with Gasteiger partial charge in [-0.1, -0.05) is 72.3 Å². The van der Waals surface area contributed by atoms with Crippen LogP contribution in [0.1, 0.15) is 27.0 Å². The summed E-state index contributed by atoms with van der Waals surface area (Å²) >= 11 is 1.55. The Morgan fingerprint density at radius 2 is 1.59 bits per heavy atom. The quantitative estimate of drug-likeness (QED) is 0.567. The van der Waals surface area contributed by atoms with E-state index in [2.05, 4.69) is 35.8 Å². The lowest BCUT2D eigenvalue weighted by Gasteiger charge is -2.11. The molecule has 0 bridgehead atoms. The maximum absolute atomic E-state index is 12.6. The first-order chi connectivity index (χ1) is 14.1. The second-order valence-corrected chi connectivity index (χ2v) is 7.73. The molecule has 0 aliphatic carbocycles. The second kappa shape index (κ2) is 10.5. The van der Waals surface area contributed by atoms with Crippen LogP contribution in [0.2, 0.25) is 0 Å². The van der Waals surface area contributed by atoms with Crippen molar-refractivity contribution in [3.8, 4) is 0 Å². The average Bonchev–Trinajstić information content (AvgIpc) is 2.73. The van der Waals surface area contributed by atoms with E-state index >= 15 is 0 Å². The Morgan fingerprint density at radius 1 is 0.862 bits per heavy atom. The van der Waals surface area contributed by atoms with Gasteiger partial charge in [-0.05, 0) is 30.2 Å². The molecule has 2 N–H and O–H groups in total. The van der Waals surface area contributed by atoms with Crippen LogP contribution in [0, 0.1) is 6.92 Å². The van der Waals surface area contributed by atoms with E-state index in [1.165, 1.54) is 11.1 Å². The molecular weight excluding hydrogens is 380 g/mol. The second-order valence-electron chi connectivity index (χ2n) is 6.74. The Labute approximate surface area is 175 Å². The van der Waals surface area contributed by atoms with E-state index < -0.39 is 0 Å². The minimum Gasteiger partial charge on any atom is -0.348 e. The van der Waals surface area contributed by atoms with Gasteiger partial charge in [-0.3, -0.25) is 9.59 Å². The predicted octanol–water partition coefficient (Wildman–Crippen LogP) is 4.80. The molecule has 4 nitrogen and oxygen atoms in total. The summed E-state index contributed by atoms with van der Waals surface area (Å²) in [6.07, 6.45) is 0. The fraction of sp³-hybridized carbons (Fsp3) is 0.167. The largest absolute Gasteiger partial charge is 0.348 e. The number of aryl methyl sites for hydroxylation is 1. The van der Waals surface area contributed by atoms with E-state index in [1.54, 1.807) is 30.0 Å². The van der Waals surface area contributed by atoms with Gasteiger partial charge < -0.3 is 10.6 Å². The van der Waals surface area contributed by atoms with Gasteiger partial charge in [0.15, 0.2) is 0 Å². The first-order valence-electron chi connectivity index (χ1n) is 9.46. The van der Waals surface area contributed by atoms with Crippen LogP contribution >= 0.6 is 11.8 Å². The van der Waals surface area contributed by atoms with Crippen molar-refractivity contribution in [2.45, 2.75) is 19.2 Å². The molecule has 0 radical (unpaired) electrons. The number of thioether (sulfide) groups is 1. The Morgan fingerprint density at radius 3 is 2.38 bits per heavy atom. The van der Waals surface area contributed by atoms with Gasteiger partial charge in [0, 0.05) is 12.3 Å². The molecule has 0 aliphatic rings. The van der Waals surface area contributed by atoms with Crippen molar-refractivity contribution in [3.05, 3.63) is 101 Å². The van der Waals surface area contributed by atoms with Crippen molar-refractivity contribution in [2.75, 3.05) is 11.1 Å². The van der Waals surface area contributed by atoms with Crippen molar-refractivity contribution in [3.63, 3.8) is 0 Å². The highest BCUT2D eigenvalue weighted by atomic mass is 32.2. The summed E-state index contributed by atoms with van der Waals surface area (Å²) in [6.45, 7) is 2.49. The summed E-state index contributed by atoms with van der Waals surface area (Å²) in [5, 5.41) is 5.77. The van der Waals surface area contributed by atoms with Crippen LogP contribution in [0.5, 0.6) is 0 Å². The van der Waals surface area contributed by atoms with Crippen LogP contribution in [0.25, 0.3) is 0 Å². The summed E-state index contributed by atoms with van der Waals surface area (Å²) < 4.78 is 0. The highest BCUT2D eigenvalue weighted by molar-refractivity contribution is 7.99. The number of para-hydroxylation sites is 1. The van der Waals surface area contributed by atoms with E-state index in [-0.39, 0.29) is 11.8 Å². The van der Waals surface area contributed by atoms with Gasteiger partial charge in [0.05, 0.1) is 17.0 Å². The molecule has 2 amide bonds. The maximum atomic E-state index is 12.6. The van der Waals surface area contributed by atoms with Crippen molar-refractivity contribution in [1.82, 2.24) is 5.32 Å². The van der Waals surface area contributed by atoms with E-state index in [4.69, 9.17) is 0 Å². The molecule has 0 aliphatic heterocycles. The molecule has 0 saturated heterocycles. The van der Waals surface area contributed by atoms with Gasteiger partial charge in [0.1, 0.15) is 0 Å². The molecule has 3 aromatic rings. The lowest BCUT2D eigenvalue weighted by atomic mass is 10.1. The van der Waals surface area contributed by atoms with Crippen molar-refractivity contribution in [2.24, 2.45) is 0 Å². The Hall–Kier alpha value is -3.05. The third-order valence-electron chi connectivity index (χ3n) is 4.33. The van der Waals surface area contributed by atoms with Crippen LogP contribution < -0.4 is 10.6 Å². The van der Waals surface area contributed by atoms with E-state index in [1.807, 2.05) is 42.5 Å². The first kappa shape index (κ1) is 20.7. The standard InChI is InChI=1S/C24H24N2O2S/c1-18-8-7-11-20(14-18)16-29-17-23(27)26-22-13-6-5-12-21(22)24(28)25-15-19-9-3-2-4-10-19/h2-14H,15-17H2,1H3,(H,25,28)(H,26,27). The number of carbonyl (C=O) groups excluding carboxylic acids is 2. The van der Waals surface area contributed by atoms with Gasteiger partial charge >= 0.3 is 0 Å². The fourth-order valence-corrected chi connectivity index (χ4v) is 3.69. The van der Waals surface area contributed by atoms with Crippen LogP contribution in [-0.4, -0.2) is 17.6 Å². The van der Waals surface area contributed by atoms with Crippen molar-refractivity contribution >= 4 is 29.3 Å². The zero-order valence-corrected chi connectivity index (χ0v) is 17.2. The summed E-state index contributed by atoms with van der Waals surface area (Å²) in [7, 11) is 0. The summed E-state index contributed by atoms with van der Waals surface area (Å²) in [5.41, 5.74) is 4.42. The highest BCUT2D eigenvalue weighted by Crippen LogP contribution is 2.17. The average molecular weight is 405 g/mol. The van der Waals surface area contributed by atoms with Crippen LogP contribution in [0.4, 0.5) is 5.69 Å². The number of nitrogens with one attached hydrogen (secondary N) is 2. The zero-order valence-electron chi connectivity index (χ0n) is 16.4. The highest BCUT2D eigenvalue weighted by Gasteiger charge is 2.13. The zero-order chi connectivity index (χ0) is 20.5. The Bertz CT molecular complexity index is 973. The van der Waals surface area contributed by atoms with Crippen LogP contribution in [-0.2, 0) is 17.1 Å². The number of hydrogen-bond acceptors (Lipinski definition) is 3. The molecule has 0 fully saturated rings. The minimum absolute atomic E-state index is 0.119. The topological polar surface area (TPSA) is 58.2 Å². The fourth-order valence-electron chi connectivity index (χ4n) is 2.91. The van der Waals surface area contributed by atoms with Crippen molar-refractivity contribution in [1.29, 1.82) is 0 Å². The number of anilines is 1. The van der Waals surface area contributed by atoms with E-state index in [9.17, 15) is 9.59 Å². The third kappa shape index (κ3) is 6.50. The Balaban J connectivity index is 1.53. The SMILES string of the molecule is Cc1cccc(CSCC(=O)Nc2ccccc2C(=O)NCc2ccccc2)c1. The van der Waals surface area contributed by atoms with Gasteiger partial charge in [-0.15, -0.1) is 11.8 Å². The molecule has 0 unspecified atom stereocenters. The summed E-state index contributed by atoms with van der Waals surface area (Å²) in [4.78, 5) is 24.9. The predicted molar refractivity (Wildman–Crippen MR) is 120 cm³/mol. The molecule has 5 heteroatoms. The van der Waals surface area contributed by atoms with Gasteiger partial charge in [-0.25, -0.2) is 0 Å². The van der Waals surface area contributed by atoms with E-state index in [0.717, 1.165) is 11.3 Å². The van der Waals surface area contributed by atoms with Crippen molar-refractivity contribution < 1.29 is 9.59 Å². The molecule has 0 heterocycles. The van der Waals surface area contributed by atoms with Gasteiger partial charge in [0.25, 0.3) is 5.91 Å². The first-order valence-corrected chi connectivity index (χ1v) is 10.6. The van der Waals surface area contributed by atoms with Gasteiger partial charge in [-0.2, -0.15) is 0 Å². The molecular formula is C24H24N2O2S.